The van der Waals surface area contributed by atoms with Crippen LogP contribution in [0.25, 0.3) is 0 Å². The molecule has 0 aromatic heterocycles. The SMILES string of the molecule is C[C@H](OC(=O)c1ccccc1Br)C(=O)N(C)c1ccccc1. The first-order chi connectivity index (χ1) is 10.5. The molecule has 1 atom stereocenters. The van der Waals surface area contributed by atoms with Crippen molar-refractivity contribution in [2.24, 2.45) is 0 Å². The zero-order valence-electron chi connectivity index (χ0n) is 12.3. The topological polar surface area (TPSA) is 46.6 Å². The molecular weight excluding hydrogens is 346 g/mol. The van der Waals surface area contributed by atoms with Gasteiger partial charge in [-0.1, -0.05) is 30.3 Å². The van der Waals surface area contributed by atoms with Gasteiger partial charge >= 0.3 is 5.97 Å². The van der Waals surface area contributed by atoms with Crippen LogP contribution in [0.2, 0.25) is 0 Å². The lowest BCUT2D eigenvalue weighted by Crippen LogP contribution is -2.37. The van der Waals surface area contributed by atoms with Crippen LogP contribution in [0.15, 0.2) is 59.1 Å². The number of hydrogen-bond donors (Lipinski definition) is 0. The highest BCUT2D eigenvalue weighted by molar-refractivity contribution is 9.10. The molecule has 0 aliphatic heterocycles. The number of para-hydroxylation sites is 1. The molecular formula is C17H16BrNO3. The summed E-state index contributed by atoms with van der Waals surface area (Å²) >= 11 is 3.29. The molecule has 2 aromatic carbocycles. The molecule has 0 aliphatic rings. The van der Waals surface area contributed by atoms with Gasteiger partial charge in [0.15, 0.2) is 6.10 Å². The molecule has 0 saturated heterocycles. The Balaban J connectivity index is 2.06. The predicted octanol–water partition coefficient (Wildman–Crippen LogP) is 3.66. The second-order valence-electron chi connectivity index (χ2n) is 4.76. The minimum absolute atomic E-state index is 0.286. The van der Waals surface area contributed by atoms with Gasteiger partial charge in [-0.15, -0.1) is 0 Å². The Labute approximate surface area is 137 Å². The van der Waals surface area contributed by atoms with E-state index >= 15 is 0 Å². The van der Waals surface area contributed by atoms with Crippen molar-refractivity contribution < 1.29 is 14.3 Å². The van der Waals surface area contributed by atoms with Crippen LogP contribution in [-0.2, 0) is 9.53 Å². The molecule has 1 amide bonds. The van der Waals surface area contributed by atoms with Crippen LogP contribution in [0.1, 0.15) is 17.3 Å². The Morgan fingerprint density at radius 3 is 2.27 bits per heavy atom. The van der Waals surface area contributed by atoms with E-state index in [2.05, 4.69) is 15.9 Å². The number of anilines is 1. The molecule has 0 heterocycles. The first kappa shape index (κ1) is 16.2. The number of rotatable bonds is 4. The molecule has 0 fully saturated rings. The summed E-state index contributed by atoms with van der Waals surface area (Å²) in [4.78, 5) is 25.9. The van der Waals surface area contributed by atoms with Gasteiger partial charge in [0.2, 0.25) is 0 Å². The van der Waals surface area contributed by atoms with Crippen molar-refractivity contribution in [3.63, 3.8) is 0 Å². The van der Waals surface area contributed by atoms with Crippen LogP contribution < -0.4 is 4.90 Å². The lowest BCUT2D eigenvalue weighted by molar-refractivity contribution is -0.126. The van der Waals surface area contributed by atoms with E-state index in [0.717, 1.165) is 5.69 Å². The quantitative estimate of drug-likeness (QED) is 0.780. The lowest BCUT2D eigenvalue weighted by atomic mass is 10.2. The van der Waals surface area contributed by atoms with Gasteiger partial charge < -0.3 is 9.64 Å². The van der Waals surface area contributed by atoms with Crippen molar-refractivity contribution in [1.82, 2.24) is 0 Å². The van der Waals surface area contributed by atoms with E-state index in [0.29, 0.717) is 10.0 Å². The maximum atomic E-state index is 12.3. The summed E-state index contributed by atoms with van der Waals surface area (Å²) in [6.45, 7) is 1.57. The highest BCUT2D eigenvalue weighted by atomic mass is 79.9. The molecule has 0 N–H and O–H groups in total. The Morgan fingerprint density at radius 2 is 1.64 bits per heavy atom. The Hall–Kier alpha value is -2.14. The second kappa shape index (κ2) is 7.22. The number of carbonyl (C=O) groups excluding carboxylic acids is 2. The van der Waals surface area contributed by atoms with Crippen molar-refractivity contribution in [1.29, 1.82) is 0 Å². The summed E-state index contributed by atoms with van der Waals surface area (Å²) in [6, 6.07) is 16.1. The molecule has 4 nitrogen and oxygen atoms in total. The van der Waals surface area contributed by atoms with Gasteiger partial charge in [-0.3, -0.25) is 4.79 Å². The molecule has 0 saturated carbocycles. The van der Waals surface area contributed by atoms with Crippen LogP contribution in [-0.4, -0.2) is 25.0 Å². The summed E-state index contributed by atoms with van der Waals surface area (Å²) in [5, 5.41) is 0. The first-order valence-corrected chi connectivity index (χ1v) is 7.58. The van der Waals surface area contributed by atoms with Gasteiger partial charge in [0.1, 0.15) is 0 Å². The van der Waals surface area contributed by atoms with E-state index in [1.165, 1.54) is 4.90 Å². The normalized spacial score (nSPS) is 11.6. The fourth-order valence-electron chi connectivity index (χ4n) is 1.95. The third kappa shape index (κ3) is 3.74. The van der Waals surface area contributed by atoms with Gasteiger partial charge in [0, 0.05) is 17.2 Å². The maximum Gasteiger partial charge on any atom is 0.340 e. The number of carbonyl (C=O) groups is 2. The summed E-state index contributed by atoms with van der Waals surface area (Å²) < 4.78 is 5.90. The van der Waals surface area contributed by atoms with Crippen molar-refractivity contribution in [2.45, 2.75) is 13.0 Å². The van der Waals surface area contributed by atoms with Crippen molar-refractivity contribution in [3.05, 3.63) is 64.6 Å². The highest BCUT2D eigenvalue weighted by Gasteiger charge is 2.23. The minimum Gasteiger partial charge on any atom is -0.449 e. The van der Waals surface area contributed by atoms with Crippen LogP contribution in [0.3, 0.4) is 0 Å². The van der Waals surface area contributed by atoms with Gasteiger partial charge in [-0.2, -0.15) is 0 Å². The molecule has 0 bridgehead atoms. The van der Waals surface area contributed by atoms with E-state index < -0.39 is 12.1 Å². The van der Waals surface area contributed by atoms with Gasteiger partial charge in [-0.25, -0.2) is 4.79 Å². The molecule has 0 unspecified atom stereocenters. The fourth-order valence-corrected chi connectivity index (χ4v) is 2.40. The number of benzene rings is 2. The van der Waals surface area contributed by atoms with Crippen LogP contribution in [0, 0.1) is 0 Å². The second-order valence-corrected chi connectivity index (χ2v) is 5.61. The van der Waals surface area contributed by atoms with Crippen LogP contribution in [0.5, 0.6) is 0 Å². The van der Waals surface area contributed by atoms with E-state index in [4.69, 9.17) is 4.74 Å². The Bertz CT molecular complexity index is 673. The molecule has 2 aromatic rings. The number of amides is 1. The molecule has 114 valence electrons. The zero-order chi connectivity index (χ0) is 16.1. The highest BCUT2D eigenvalue weighted by Crippen LogP contribution is 2.18. The van der Waals surface area contributed by atoms with Gasteiger partial charge in [0.05, 0.1) is 5.56 Å². The van der Waals surface area contributed by atoms with E-state index in [1.807, 2.05) is 30.3 Å². The first-order valence-electron chi connectivity index (χ1n) is 6.79. The molecule has 2 rings (SSSR count). The largest absolute Gasteiger partial charge is 0.449 e. The number of esters is 1. The average molecular weight is 362 g/mol. The third-order valence-corrected chi connectivity index (χ3v) is 3.89. The Kier molecular flexibility index (Phi) is 5.33. The smallest absolute Gasteiger partial charge is 0.340 e. The number of hydrogen-bond acceptors (Lipinski definition) is 3. The molecule has 22 heavy (non-hydrogen) atoms. The minimum atomic E-state index is -0.871. The summed E-state index contributed by atoms with van der Waals surface area (Å²) in [6.07, 6.45) is -0.871. The number of ether oxygens (including phenoxy) is 1. The van der Waals surface area contributed by atoms with Crippen molar-refractivity contribution in [2.75, 3.05) is 11.9 Å². The van der Waals surface area contributed by atoms with E-state index in [-0.39, 0.29) is 5.91 Å². The van der Waals surface area contributed by atoms with E-state index in [1.54, 1.807) is 38.2 Å². The zero-order valence-corrected chi connectivity index (χ0v) is 13.9. The van der Waals surface area contributed by atoms with Gasteiger partial charge in [0.25, 0.3) is 5.91 Å². The summed E-state index contributed by atoms with van der Waals surface area (Å²) in [7, 11) is 1.65. The average Bonchev–Trinajstić information content (AvgIpc) is 2.54. The molecule has 0 radical (unpaired) electrons. The lowest BCUT2D eigenvalue weighted by Gasteiger charge is -2.21. The van der Waals surface area contributed by atoms with Crippen LogP contribution >= 0.6 is 15.9 Å². The monoisotopic (exact) mass is 361 g/mol. The molecule has 0 spiro atoms. The van der Waals surface area contributed by atoms with Crippen molar-refractivity contribution >= 4 is 33.5 Å². The van der Waals surface area contributed by atoms with Crippen molar-refractivity contribution in [3.8, 4) is 0 Å². The van der Waals surface area contributed by atoms with Gasteiger partial charge in [-0.05, 0) is 47.1 Å². The van der Waals surface area contributed by atoms with Crippen LogP contribution in [0.4, 0.5) is 5.69 Å². The maximum absolute atomic E-state index is 12.3. The Morgan fingerprint density at radius 1 is 1.05 bits per heavy atom. The molecule has 0 aliphatic carbocycles. The number of nitrogens with zero attached hydrogens (tertiary/aromatic N) is 1. The molecule has 5 heteroatoms. The predicted molar refractivity (Wildman–Crippen MR) is 88.9 cm³/mol. The fraction of sp³-hybridized carbons (Fsp3) is 0.176. The number of likely N-dealkylation sites (N-methyl/N-ethyl adjacent to an activating group) is 1. The standard InChI is InChI=1S/C17H16BrNO3/c1-12(16(20)19(2)13-8-4-3-5-9-13)22-17(21)14-10-6-7-11-15(14)18/h3-12H,1-2H3/t12-/m0/s1. The number of halogens is 1. The van der Waals surface area contributed by atoms with E-state index in [9.17, 15) is 9.59 Å². The summed E-state index contributed by atoms with van der Waals surface area (Å²) in [5.74, 6) is -0.818. The third-order valence-electron chi connectivity index (χ3n) is 3.20. The summed E-state index contributed by atoms with van der Waals surface area (Å²) in [5.41, 5.74) is 1.14.